The second-order valence-electron chi connectivity index (χ2n) is 4.16. The van der Waals surface area contributed by atoms with Crippen molar-refractivity contribution in [3.05, 3.63) is 58.9 Å². The molecule has 3 rings (SSSR count). The second-order valence-corrected chi connectivity index (χ2v) is 4.16. The normalized spacial score (nSPS) is 13.8. The van der Waals surface area contributed by atoms with Crippen LogP contribution in [0.2, 0.25) is 0 Å². The van der Waals surface area contributed by atoms with E-state index >= 15 is 0 Å². The lowest BCUT2D eigenvalue weighted by Crippen LogP contribution is -2.32. The highest BCUT2D eigenvalue weighted by Gasteiger charge is 2.41. The minimum absolute atomic E-state index is 0.0587. The summed E-state index contributed by atoms with van der Waals surface area (Å²) in [4.78, 5) is 26.5. The number of rotatable bonds is 1. The van der Waals surface area contributed by atoms with Gasteiger partial charge in [0.1, 0.15) is 5.69 Å². The van der Waals surface area contributed by atoms with Gasteiger partial charge in [-0.3, -0.25) is 9.59 Å². The largest absolute Gasteiger partial charge is 0.268 e. The quantitative estimate of drug-likeness (QED) is 0.461. The molecular formula is C13H4F4N2O2. The fourth-order valence-corrected chi connectivity index (χ4v) is 2.06. The van der Waals surface area contributed by atoms with E-state index in [1.165, 1.54) is 24.3 Å². The lowest BCUT2D eigenvalue weighted by molar-refractivity contribution is 0.0923. The van der Waals surface area contributed by atoms with Crippen molar-refractivity contribution in [2.45, 2.75) is 0 Å². The molecule has 21 heavy (non-hydrogen) atoms. The molecule has 0 saturated heterocycles. The van der Waals surface area contributed by atoms with E-state index in [1.54, 1.807) is 0 Å². The standard InChI is InChI=1S/C13H4F4N2O2/c14-7-9(8(15)11(17)18-10(7)16)19-12(20)5-3-1-2-4-6(5)13(19)21/h1-4H. The van der Waals surface area contributed by atoms with E-state index in [0.29, 0.717) is 0 Å². The van der Waals surface area contributed by atoms with Gasteiger partial charge in [0.15, 0.2) is 0 Å². The van der Waals surface area contributed by atoms with Crippen LogP contribution in [0.25, 0.3) is 0 Å². The van der Waals surface area contributed by atoms with Crippen LogP contribution in [0.4, 0.5) is 23.2 Å². The fraction of sp³-hybridized carbons (Fsp3) is 0. The molecule has 1 aromatic carbocycles. The van der Waals surface area contributed by atoms with Crippen molar-refractivity contribution < 1.29 is 27.2 Å². The summed E-state index contributed by atoms with van der Waals surface area (Å²) in [6.07, 6.45) is 0. The van der Waals surface area contributed by atoms with Crippen LogP contribution >= 0.6 is 0 Å². The molecule has 0 atom stereocenters. The Morgan fingerprint density at radius 1 is 0.810 bits per heavy atom. The van der Waals surface area contributed by atoms with Gasteiger partial charge in [0, 0.05) is 0 Å². The molecular weight excluding hydrogens is 292 g/mol. The number of hydrogen-bond donors (Lipinski definition) is 0. The first-order chi connectivity index (χ1) is 9.93. The van der Waals surface area contributed by atoms with Gasteiger partial charge in [-0.15, -0.1) is 0 Å². The Kier molecular flexibility index (Phi) is 2.75. The molecule has 0 radical (unpaired) electrons. The van der Waals surface area contributed by atoms with E-state index in [2.05, 4.69) is 4.98 Å². The first-order valence-corrected chi connectivity index (χ1v) is 5.61. The van der Waals surface area contributed by atoms with Crippen LogP contribution < -0.4 is 4.90 Å². The summed E-state index contributed by atoms with van der Waals surface area (Å²) in [6, 6.07) is 5.40. The molecule has 8 heteroatoms. The Morgan fingerprint density at radius 3 is 1.67 bits per heavy atom. The molecule has 2 aromatic rings. The Morgan fingerprint density at radius 2 is 1.24 bits per heavy atom. The van der Waals surface area contributed by atoms with Crippen LogP contribution in [-0.2, 0) is 0 Å². The van der Waals surface area contributed by atoms with Gasteiger partial charge in [0.25, 0.3) is 23.7 Å². The summed E-state index contributed by atoms with van der Waals surface area (Å²) in [5.74, 6) is -9.86. The van der Waals surface area contributed by atoms with E-state index in [-0.39, 0.29) is 16.0 Å². The number of imide groups is 1. The van der Waals surface area contributed by atoms with E-state index in [0.717, 1.165) is 0 Å². The molecule has 0 aliphatic carbocycles. The van der Waals surface area contributed by atoms with E-state index < -0.39 is 41.0 Å². The van der Waals surface area contributed by atoms with Crippen LogP contribution in [0, 0.1) is 23.5 Å². The average Bonchev–Trinajstić information content (AvgIpc) is 2.71. The van der Waals surface area contributed by atoms with Crippen molar-refractivity contribution in [1.29, 1.82) is 0 Å². The third-order valence-corrected chi connectivity index (χ3v) is 2.99. The van der Waals surface area contributed by atoms with Gasteiger partial charge < -0.3 is 0 Å². The summed E-state index contributed by atoms with van der Waals surface area (Å²) in [5.41, 5.74) is -1.64. The lowest BCUT2D eigenvalue weighted by Gasteiger charge is -2.15. The number of halogens is 4. The average molecular weight is 296 g/mol. The Bertz CT molecular complexity index is 746. The first kappa shape index (κ1) is 13.2. The van der Waals surface area contributed by atoms with Crippen LogP contribution in [-0.4, -0.2) is 16.8 Å². The maximum absolute atomic E-state index is 13.7. The molecule has 0 N–H and O–H groups in total. The maximum atomic E-state index is 13.7. The molecule has 106 valence electrons. The van der Waals surface area contributed by atoms with Gasteiger partial charge in [-0.25, -0.2) is 4.90 Å². The zero-order chi connectivity index (χ0) is 15.3. The maximum Gasteiger partial charge on any atom is 0.266 e. The molecule has 2 heterocycles. The van der Waals surface area contributed by atoms with Crippen molar-refractivity contribution in [3.8, 4) is 0 Å². The molecule has 0 spiro atoms. The highest BCUT2D eigenvalue weighted by atomic mass is 19.2. The summed E-state index contributed by atoms with van der Waals surface area (Å²) in [5, 5.41) is 0. The Balaban J connectivity index is 2.25. The molecule has 1 aliphatic heterocycles. The number of aromatic nitrogens is 1. The van der Waals surface area contributed by atoms with Crippen LogP contribution in [0.3, 0.4) is 0 Å². The summed E-state index contributed by atoms with van der Waals surface area (Å²) < 4.78 is 53.6. The number of pyridine rings is 1. The zero-order valence-electron chi connectivity index (χ0n) is 10.0. The number of nitrogens with zero attached hydrogens (tertiary/aromatic N) is 2. The van der Waals surface area contributed by atoms with E-state index in [4.69, 9.17) is 0 Å². The van der Waals surface area contributed by atoms with Crippen LogP contribution in [0.5, 0.6) is 0 Å². The monoisotopic (exact) mass is 296 g/mol. The number of fused-ring (bicyclic) bond motifs is 1. The van der Waals surface area contributed by atoms with E-state index in [9.17, 15) is 27.2 Å². The van der Waals surface area contributed by atoms with Crippen molar-refractivity contribution >= 4 is 17.5 Å². The molecule has 1 aliphatic rings. The molecule has 4 nitrogen and oxygen atoms in total. The SMILES string of the molecule is O=C1c2ccccc2C(=O)N1c1c(F)c(F)nc(F)c1F. The molecule has 1 aromatic heterocycles. The van der Waals surface area contributed by atoms with Gasteiger partial charge in [0.2, 0.25) is 11.6 Å². The molecule has 0 unspecified atom stereocenters. The van der Waals surface area contributed by atoms with Gasteiger partial charge in [-0.1, -0.05) is 12.1 Å². The van der Waals surface area contributed by atoms with Crippen LogP contribution in [0.1, 0.15) is 20.7 Å². The lowest BCUT2D eigenvalue weighted by atomic mass is 10.1. The van der Waals surface area contributed by atoms with Crippen molar-refractivity contribution in [2.75, 3.05) is 4.90 Å². The van der Waals surface area contributed by atoms with Crippen molar-refractivity contribution in [3.63, 3.8) is 0 Å². The van der Waals surface area contributed by atoms with Gasteiger partial charge in [-0.05, 0) is 12.1 Å². The predicted molar refractivity (Wildman–Crippen MR) is 61.7 cm³/mol. The molecule has 0 saturated carbocycles. The summed E-state index contributed by atoms with van der Waals surface area (Å²) >= 11 is 0. The number of hydrogen-bond acceptors (Lipinski definition) is 3. The Labute approximate surface area is 114 Å². The third-order valence-electron chi connectivity index (χ3n) is 2.99. The van der Waals surface area contributed by atoms with Gasteiger partial charge >= 0.3 is 0 Å². The molecule has 2 amide bonds. The highest BCUT2D eigenvalue weighted by Crippen LogP contribution is 2.33. The van der Waals surface area contributed by atoms with Crippen molar-refractivity contribution in [2.24, 2.45) is 0 Å². The number of benzene rings is 1. The molecule has 0 bridgehead atoms. The predicted octanol–water partition coefficient (Wildman–Crippen LogP) is 2.44. The number of amides is 2. The third kappa shape index (κ3) is 1.72. The van der Waals surface area contributed by atoms with E-state index in [1.807, 2.05) is 0 Å². The first-order valence-electron chi connectivity index (χ1n) is 5.61. The highest BCUT2D eigenvalue weighted by molar-refractivity contribution is 6.34. The minimum atomic E-state index is -1.94. The zero-order valence-corrected chi connectivity index (χ0v) is 10.0. The second kappa shape index (κ2) is 4.37. The summed E-state index contributed by atoms with van der Waals surface area (Å²) in [6.45, 7) is 0. The molecule has 0 fully saturated rings. The fourth-order valence-electron chi connectivity index (χ4n) is 2.06. The van der Waals surface area contributed by atoms with Crippen molar-refractivity contribution in [1.82, 2.24) is 4.98 Å². The number of carbonyl (C=O) groups excluding carboxylic acids is 2. The van der Waals surface area contributed by atoms with Gasteiger partial charge in [-0.2, -0.15) is 22.5 Å². The number of carbonyl (C=O) groups is 2. The Hall–Kier alpha value is -2.77. The van der Waals surface area contributed by atoms with Gasteiger partial charge in [0.05, 0.1) is 11.1 Å². The minimum Gasteiger partial charge on any atom is -0.268 e. The topological polar surface area (TPSA) is 50.3 Å². The summed E-state index contributed by atoms with van der Waals surface area (Å²) in [7, 11) is 0. The number of anilines is 1. The smallest absolute Gasteiger partial charge is 0.266 e. The van der Waals surface area contributed by atoms with Crippen LogP contribution in [0.15, 0.2) is 24.3 Å².